The third-order valence-corrected chi connectivity index (χ3v) is 3.94. The van der Waals surface area contributed by atoms with E-state index in [0.717, 1.165) is 23.5 Å². The van der Waals surface area contributed by atoms with Crippen LogP contribution in [0, 0.1) is 0 Å². The van der Waals surface area contributed by atoms with E-state index in [9.17, 15) is 0 Å². The molecular formula is C13H18N2O2S. The Bertz CT molecular complexity index is 445. The molecule has 3 N–H and O–H groups in total. The quantitative estimate of drug-likeness (QED) is 0.283. The fourth-order valence-corrected chi connectivity index (χ4v) is 2.69. The Morgan fingerprint density at radius 2 is 2.33 bits per heavy atom. The maximum absolute atomic E-state index is 8.91. The lowest BCUT2D eigenvalue weighted by molar-refractivity contribution is 0.119. The molecule has 1 saturated carbocycles. The Morgan fingerprint density at radius 1 is 1.56 bits per heavy atom. The summed E-state index contributed by atoms with van der Waals surface area (Å²) >= 11 is 1.66. The van der Waals surface area contributed by atoms with Gasteiger partial charge in [-0.15, -0.1) is 11.8 Å². The molecule has 1 aliphatic carbocycles. The fraction of sp³-hybridized carbons (Fsp3) is 0.462. The zero-order valence-electron chi connectivity index (χ0n) is 10.4. The van der Waals surface area contributed by atoms with Crippen LogP contribution in [0.3, 0.4) is 0 Å². The van der Waals surface area contributed by atoms with Crippen molar-refractivity contribution in [2.24, 2.45) is 10.9 Å². The van der Waals surface area contributed by atoms with E-state index in [1.807, 2.05) is 18.2 Å². The first-order valence-electron chi connectivity index (χ1n) is 6.16. The maximum atomic E-state index is 8.91. The van der Waals surface area contributed by atoms with Gasteiger partial charge in [0.1, 0.15) is 5.75 Å². The minimum Gasteiger partial charge on any atom is -0.490 e. The molecule has 1 fully saturated rings. The highest BCUT2D eigenvalue weighted by atomic mass is 32.2. The highest BCUT2D eigenvalue weighted by Crippen LogP contribution is 2.33. The second kappa shape index (κ2) is 6.00. The number of nitrogens with two attached hydrogens (primary N) is 1. The van der Waals surface area contributed by atoms with Gasteiger partial charge in [0.2, 0.25) is 0 Å². The van der Waals surface area contributed by atoms with Crippen LogP contribution in [-0.2, 0) is 0 Å². The summed E-state index contributed by atoms with van der Waals surface area (Å²) in [6, 6.07) is 5.79. The topological polar surface area (TPSA) is 67.8 Å². The molecule has 0 aromatic heterocycles. The molecule has 1 aromatic rings. The molecular weight excluding hydrogens is 248 g/mol. The lowest BCUT2D eigenvalue weighted by Gasteiger charge is -2.27. The fourth-order valence-electron chi connectivity index (χ4n) is 1.86. The largest absolute Gasteiger partial charge is 0.490 e. The molecule has 5 heteroatoms. The molecule has 2 rings (SSSR count). The molecule has 0 saturated heterocycles. The van der Waals surface area contributed by atoms with Gasteiger partial charge < -0.3 is 15.7 Å². The van der Waals surface area contributed by atoms with Gasteiger partial charge in [-0.05, 0) is 37.1 Å². The second-order valence-electron chi connectivity index (χ2n) is 4.22. The van der Waals surface area contributed by atoms with Crippen molar-refractivity contribution < 1.29 is 9.94 Å². The predicted octanol–water partition coefficient (Wildman–Crippen LogP) is 2.82. The van der Waals surface area contributed by atoms with Gasteiger partial charge in [0, 0.05) is 4.90 Å². The van der Waals surface area contributed by atoms with Crippen LogP contribution in [0.25, 0.3) is 0 Å². The summed E-state index contributed by atoms with van der Waals surface area (Å²) in [6.45, 7) is 2.07. The minimum atomic E-state index is 0.112. The molecule has 98 valence electrons. The van der Waals surface area contributed by atoms with Gasteiger partial charge >= 0.3 is 0 Å². The average Bonchev–Trinajstić information content (AvgIpc) is 2.33. The van der Waals surface area contributed by atoms with Crippen LogP contribution < -0.4 is 10.5 Å². The molecule has 0 spiro atoms. The van der Waals surface area contributed by atoms with Gasteiger partial charge in [-0.2, -0.15) is 0 Å². The molecule has 1 aromatic carbocycles. The zero-order valence-corrected chi connectivity index (χ0v) is 11.2. The second-order valence-corrected chi connectivity index (χ2v) is 5.52. The first-order valence-corrected chi connectivity index (χ1v) is 7.15. The van der Waals surface area contributed by atoms with E-state index in [4.69, 9.17) is 15.7 Å². The van der Waals surface area contributed by atoms with Gasteiger partial charge in [0.25, 0.3) is 0 Å². The van der Waals surface area contributed by atoms with Crippen LogP contribution in [-0.4, -0.2) is 22.9 Å². The summed E-state index contributed by atoms with van der Waals surface area (Å²) in [5.41, 5.74) is 6.48. The van der Waals surface area contributed by atoms with Crippen molar-refractivity contribution in [2.75, 3.05) is 5.75 Å². The molecule has 0 atom stereocenters. The first-order chi connectivity index (χ1) is 8.76. The van der Waals surface area contributed by atoms with Gasteiger partial charge in [-0.1, -0.05) is 18.1 Å². The smallest absolute Gasteiger partial charge is 0.174 e. The van der Waals surface area contributed by atoms with Crippen molar-refractivity contribution in [3.05, 3.63) is 23.8 Å². The molecule has 0 aliphatic heterocycles. The lowest BCUT2D eigenvalue weighted by atomic mass is 9.96. The Morgan fingerprint density at radius 3 is 2.89 bits per heavy atom. The molecule has 4 nitrogen and oxygen atoms in total. The molecule has 0 bridgehead atoms. The van der Waals surface area contributed by atoms with Crippen molar-refractivity contribution in [3.8, 4) is 5.75 Å². The van der Waals surface area contributed by atoms with E-state index in [1.165, 1.54) is 6.42 Å². The van der Waals surface area contributed by atoms with Crippen LogP contribution >= 0.6 is 11.8 Å². The van der Waals surface area contributed by atoms with E-state index >= 15 is 0 Å². The number of nitrogens with zero attached hydrogens (tertiary/aromatic N) is 1. The van der Waals surface area contributed by atoms with Gasteiger partial charge in [0.05, 0.1) is 11.7 Å². The molecule has 0 heterocycles. The summed E-state index contributed by atoms with van der Waals surface area (Å²) in [6.07, 6.45) is 3.66. The van der Waals surface area contributed by atoms with Crippen LogP contribution in [0.4, 0.5) is 0 Å². The van der Waals surface area contributed by atoms with Gasteiger partial charge in [-0.3, -0.25) is 0 Å². The van der Waals surface area contributed by atoms with Crippen molar-refractivity contribution >= 4 is 17.6 Å². The van der Waals surface area contributed by atoms with E-state index in [1.54, 1.807) is 11.8 Å². The van der Waals surface area contributed by atoms with Crippen molar-refractivity contribution in [1.29, 1.82) is 0 Å². The molecule has 1 aliphatic rings. The Hall–Kier alpha value is -1.36. The number of rotatable bonds is 5. The predicted molar refractivity (Wildman–Crippen MR) is 73.6 cm³/mol. The zero-order chi connectivity index (χ0) is 13.0. The molecule has 0 radical (unpaired) electrons. The Labute approximate surface area is 111 Å². The number of thioether (sulfide) groups is 1. The summed E-state index contributed by atoms with van der Waals surface area (Å²) < 4.78 is 5.91. The van der Waals surface area contributed by atoms with E-state index in [0.29, 0.717) is 11.3 Å². The van der Waals surface area contributed by atoms with Crippen molar-refractivity contribution in [3.63, 3.8) is 0 Å². The standard InChI is InChI=1S/C13H18N2O2S/c1-2-18-11-8-4-7-10(12(11)13(14)15-16)17-9-5-3-6-9/h4,7-9,16H,2-3,5-6H2,1H3,(H2,14,15). The molecule has 0 unspecified atom stereocenters. The summed E-state index contributed by atoms with van der Waals surface area (Å²) in [7, 11) is 0. The van der Waals surface area contributed by atoms with Crippen LogP contribution in [0.5, 0.6) is 5.75 Å². The normalized spacial score (nSPS) is 16.4. The van der Waals surface area contributed by atoms with Crippen LogP contribution in [0.15, 0.2) is 28.3 Å². The van der Waals surface area contributed by atoms with Gasteiger partial charge in [0.15, 0.2) is 5.84 Å². The number of hydrogen-bond acceptors (Lipinski definition) is 4. The maximum Gasteiger partial charge on any atom is 0.174 e. The number of ether oxygens (including phenoxy) is 1. The average molecular weight is 266 g/mol. The molecule has 18 heavy (non-hydrogen) atoms. The van der Waals surface area contributed by atoms with Crippen LogP contribution in [0.2, 0.25) is 0 Å². The third kappa shape index (κ3) is 2.72. The summed E-state index contributed by atoms with van der Waals surface area (Å²) in [5.74, 6) is 1.76. The van der Waals surface area contributed by atoms with Crippen molar-refractivity contribution in [2.45, 2.75) is 37.2 Å². The number of hydrogen-bond donors (Lipinski definition) is 2. The minimum absolute atomic E-state index is 0.112. The number of oxime groups is 1. The van der Waals surface area contributed by atoms with E-state index < -0.39 is 0 Å². The Balaban J connectivity index is 2.33. The SMILES string of the molecule is CCSc1cccc(OC2CCC2)c1/C(N)=N/O. The molecule has 0 amide bonds. The Kier molecular flexibility index (Phi) is 4.36. The summed E-state index contributed by atoms with van der Waals surface area (Å²) in [4.78, 5) is 0.990. The highest BCUT2D eigenvalue weighted by molar-refractivity contribution is 7.99. The van der Waals surface area contributed by atoms with E-state index in [2.05, 4.69) is 12.1 Å². The highest BCUT2D eigenvalue weighted by Gasteiger charge is 2.22. The third-order valence-electron chi connectivity index (χ3n) is 3.00. The van der Waals surface area contributed by atoms with E-state index in [-0.39, 0.29) is 11.9 Å². The number of amidine groups is 1. The first kappa shape index (κ1) is 13.1. The monoisotopic (exact) mass is 266 g/mol. The van der Waals surface area contributed by atoms with Crippen LogP contribution in [0.1, 0.15) is 31.7 Å². The summed E-state index contributed by atoms with van der Waals surface area (Å²) in [5, 5.41) is 12.0. The van der Waals surface area contributed by atoms with Crippen molar-refractivity contribution in [1.82, 2.24) is 0 Å². The lowest BCUT2D eigenvalue weighted by Crippen LogP contribution is -2.26. The number of benzene rings is 1. The van der Waals surface area contributed by atoms with Gasteiger partial charge in [-0.25, -0.2) is 0 Å².